The maximum absolute atomic E-state index is 12.9. The second-order valence-electron chi connectivity index (χ2n) is 6.24. The Kier molecular flexibility index (Phi) is 4.15. The van der Waals surface area contributed by atoms with Gasteiger partial charge in [0.2, 0.25) is 0 Å². The van der Waals surface area contributed by atoms with Crippen molar-refractivity contribution in [2.24, 2.45) is 0 Å². The number of likely N-dealkylation sites (tertiary alicyclic amines) is 1. The summed E-state index contributed by atoms with van der Waals surface area (Å²) in [5.74, 6) is 0.118. The molecule has 0 bridgehead atoms. The molecule has 1 aromatic rings. The molecule has 4 nitrogen and oxygen atoms in total. The Morgan fingerprint density at radius 3 is 2.48 bits per heavy atom. The summed E-state index contributed by atoms with van der Waals surface area (Å²) in [5, 5.41) is 9.60. The molecule has 0 aromatic heterocycles. The van der Waals surface area contributed by atoms with Crippen LogP contribution >= 0.6 is 0 Å². The molecule has 1 aromatic carbocycles. The van der Waals surface area contributed by atoms with Gasteiger partial charge in [-0.1, -0.05) is 11.6 Å². The van der Waals surface area contributed by atoms with Crippen LogP contribution < -0.4 is 4.90 Å². The van der Waals surface area contributed by atoms with Gasteiger partial charge in [-0.25, -0.2) is 0 Å². The first-order valence-corrected chi connectivity index (χ1v) is 7.98. The van der Waals surface area contributed by atoms with Crippen molar-refractivity contribution in [3.8, 4) is 0 Å². The summed E-state index contributed by atoms with van der Waals surface area (Å²) >= 11 is 0. The number of amides is 1. The molecule has 2 aliphatic rings. The van der Waals surface area contributed by atoms with E-state index in [4.69, 9.17) is 0 Å². The smallest absolute Gasteiger partial charge is 0.255 e. The quantitative estimate of drug-likeness (QED) is 0.907. The van der Waals surface area contributed by atoms with Gasteiger partial charge in [-0.15, -0.1) is 0 Å². The van der Waals surface area contributed by atoms with E-state index in [2.05, 4.69) is 17.0 Å². The van der Waals surface area contributed by atoms with E-state index >= 15 is 0 Å². The zero-order valence-corrected chi connectivity index (χ0v) is 12.7. The van der Waals surface area contributed by atoms with Gasteiger partial charge in [0.25, 0.3) is 5.91 Å². The number of piperidine rings is 1. The van der Waals surface area contributed by atoms with Gasteiger partial charge in [0.1, 0.15) is 0 Å². The van der Waals surface area contributed by atoms with Crippen LogP contribution in [-0.4, -0.2) is 48.2 Å². The number of hydrogen-bond acceptors (Lipinski definition) is 3. The zero-order chi connectivity index (χ0) is 14.8. The predicted octanol–water partition coefficient (Wildman–Crippen LogP) is 2.19. The number of carbonyl (C=O) groups excluding carboxylic acids is 1. The van der Waals surface area contributed by atoms with E-state index in [9.17, 15) is 9.90 Å². The normalized spacial score (nSPS) is 20.1. The summed E-state index contributed by atoms with van der Waals surface area (Å²) in [7, 11) is 0. The van der Waals surface area contributed by atoms with Gasteiger partial charge >= 0.3 is 0 Å². The van der Waals surface area contributed by atoms with Crippen molar-refractivity contribution in [2.75, 3.05) is 31.1 Å². The van der Waals surface area contributed by atoms with Crippen LogP contribution in [0, 0.1) is 6.92 Å². The summed E-state index contributed by atoms with van der Waals surface area (Å²) in [6, 6.07) is 6.19. The summed E-state index contributed by atoms with van der Waals surface area (Å²) < 4.78 is 0. The van der Waals surface area contributed by atoms with Crippen molar-refractivity contribution >= 4 is 11.6 Å². The topological polar surface area (TPSA) is 43.8 Å². The second-order valence-corrected chi connectivity index (χ2v) is 6.24. The molecule has 2 aliphatic heterocycles. The van der Waals surface area contributed by atoms with E-state index in [0.717, 1.165) is 29.9 Å². The average molecular weight is 288 g/mol. The number of aliphatic hydroxyl groups is 1. The highest BCUT2D eigenvalue weighted by Crippen LogP contribution is 2.27. The fourth-order valence-corrected chi connectivity index (χ4v) is 3.29. The molecule has 4 heteroatoms. The van der Waals surface area contributed by atoms with Crippen LogP contribution in [0.25, 0.3) is 0 Å². The fourth-order valence-electron chi connectivity index (χ4n) is 3.29. The molecule has 1 amide bonds. The van der Waals surface area contributed by atoms with Gasteiger partial charge in [-0.05, 0) is 44.7 Å². The molecule has 2 heterocycles. The molecule has 3 rings (SSSR count). The van der Waals surface area contributed by atoms with E-state index in [1.165, 1.54) is 12.8 Å². The monoisotopic (exact) mass is 288 g/mol. The largest absolute Gasteiger partial charge is 0.393 e. The molecule has 0 radical (unpaired) electrons. The van der Waals surface area contributed by atoms with E-state index in [0.29, 0.717) is 25.9 Å². The van der Waals surface area contributed by atoms with E-state index in [1.807, 2.05) is 17.9 Å². The van der Waals surface area contributed by atoms with Gasteiger partial charge in [0.05, 0.1) is 11.7 Å². The SMILES string of the molecule is Cc1ccc(N2CCCC2)c(C(=O)N2CCC(O)CC2)c1. The Morgan fingerprint density at radius 2 is 1.81 bits per heavy atom. The Labute approximate surface area is 126 Å². The molecular weight excluding hydrogens is 264 g/mol. The van der Waals surface area contributed by atoms with Crippen molar-refractivity contribution < 1.29 is 9.90 Å². The van der Waals surface area contributed by atoms with E-state index in [-0.39, 0.29) is 12.0 Å². The maximum Gasteiger partial charge on any atom is 0.255 e. The second kappa shape index (κ2) is 6.06. The van der Waals surface area contributed by atoms with Gasteiger partial charge in [0.15, 0.2) is 0 Å². The number of hydrogen-bond donors (Lipinski definition) is 1. The molecule has 2 saturated heterocycles. The third kappa shape index (κ3) is 3.05. The Hall–Kier alpha value is -1.55. The first kappa shape index (κ1) is 14.4. The minimum absolute atomic E-state index is 0.118. The lowest BCUT2D eigenvalue weighted by Crippen LogP contribution is -2.40. The van der Waals surface area contributed by atoms with E-state index < -0.39 is 0 Å². The summed E-state index contributed by atoms with van der Waals surface area (Å²) in [6.07, 6.45) is 3.55. The maximum atomic E-state index is 12.9. The van der Waals surface area contributed by atoms with Crippen LogP contribution in [0.1, 0.15) is 41.6 Å². The predicted molar refractivity (Wildman–Crippen MR) is 83.8 cm³/mol. The number of anilines is 1. The Bertz CT molecular complexity index is 516. The van der Waals surface area contributed by atoms with Crippen molar-refractivity contribution in [3.63, 3.8) is 0 Å². The molecule has 0 spiro atoms. The highest BCUT2D eigenvalue weighted by molar-refractivity contribution is 6.00. The van der Waals surface area contributed by atoms with Gasteiger partial charge < -0.3 is 14.9 Å². The van der Waals surface area contributed by atoms with Crippen LogP contribution in [0.3, 0.4) is 0 Å². The third-order valence-electron chi connectivity index (χ3n) is 4.58. The van der Waals surface area contributed by atoms with Gasteiger partial charge in [0, 0.05) is 31.9 Å². The van der Waals surface area contributed by atoms with Crippen molar-refractivity contribution in [1.29, 1.82) is 0 Å². The van der Waals surface area contributed by atoms with E-state index in [1.54, 1.807) is 0 Å². The number of rotatable bonds is 2. The zero-order valence-electron chi connectivity index (χ0n) is 12.7. The van der Waals surface area contributed by atoms with Crippen LogP contribution in [0.5, 0.6) is 0 Å². The van der Waals surface area contributed by atoms with Crippen molar-refractivity contribution in [3.05, 3.63) is 29.3 Å². The fraction of sp³-hybridized carbons (Fsp3) is 0.588. The standard InChI is InChI=1S/C17H24N2O2/c1-13-4-5-16(18-8-2-3-9-18)15(12-13)17(21)19-10-6-14(20)7-11-19/h4-5,12,14,20H,2-3,6-11H2,1H3. The average Bonchev–Trinajstić information content (AvgIpc) is 3.01. The molecule has 0 unspecified atom stereocenters. The number of benzene rings is 1. The van der Waals surface area contributed by atoms with Gasteiger partial charge in [-0.2, -0.15) is 0 Å². The lowest BCUT2D eigenvalue weighted by atomic mass is 10.0. The lowest BCUT2D eigenvalue weighted by molar-refractivity contribution is 0.0547. The van der Waals surface area contributed by atoms with Crippen molar-refractivity contribution in [1.82, 2.24) is 4.90 Å². The minimum Gasteiger partial charge on any atom is -0.393 e. The van der Waals surface area contributed by atoms with Gasteiger partial charge in [-0.3, -0.25) is 4.79 Å². The summed E-state index contributed by atoms with van der Waals surface area (Å²) in [5.41, 5.74) is 3.03. The van der Waals surface area contributed by atoms with Crippen LogP contribution in [0.4, 0.5) is 5.69 Å². The molecule has 1 N–H and O–H groups in total. The lowest BCUT2D eigenvalue weighted by Gasteiger charge is -2.31. The highest BCUT2D eigenvalue weighted by Gasteiger charge is 2.26. The summed E-state index contributed by atoms with van der Waals surface area (Å²) in [4.78, 5) is 17.1. The molecule has 0 atom stereocenters. The summed E-state index contributed by atoms with van der Waals surface area (Å²) in [6.45, 7) is 5.44. The molecule has 0 aliphatic carbocycles. The highest BCUT2D eigenvalue weighted by atomic mass is 16.3. The minimum atomic E-state index is -0.246. The number of aliphatic hydroxyl groups excluding tert-OH is 1. The molecule has 21 heavy (non-hydrogen) atoms. The van der Waals surface area contributed by atoms with Crippen molar-refractivity contribution in [2.45, 2.75) is 38.7 Å². The molecular formula is C17H24N2O2. The Balaban J connectivity index is 1.85. The number of aryl methyl sites for hydroxylation is 1. The number of carbonyl (C=O) groups is 1. The van der Waals surface area contributed by atoms with Crippen LogP contribution in [0.15, 0.2) is 18.2 Å². The van der Waals surface area contributed by atoms with Crippen LogP contribution in [-0.2, 0) is 0 Å². The van der Waals surface area contributed by atoms with Crippen LogP contribution in [0.2, 0.25) is 0 Å². The Morgan fingerprint density at radius 1 is 1.14 bits per heavy atom. The first-order valence-electron chi connectivity index (χ1n) is 7.98. The third-order valence-corrected chi connectivity index (χ3v) is 4.58. The molecule has 2 fully saturated rings. The molecule has 114 valence electrons. The molecule has 0 saturated carbocycles. The number of nitrogens with zero attached hydrogens (tertiary/aromatic N) is 2. The first-order chi connectivity index (χ1) is 10.1.